The summed E-state index contributed by atoms with van der Waals surface area (Å²) >= 11 is 0. The first kappa shape index (κ1) is 16.2. The standard InChI is InChI=1S/C22H19NO3/c1-2-12-22(23-21(25)15-8-4-3-5-9-15)14-26-20-17-11-7-6-10-16(17)19(24)13-18(20)22/h2-11,13,24H,1,12,14H2,(H,23,25)/t22-/m0/s1. The molecule has 4 nitrogen and oxygen atoms in total. The smallest absolute Gasteiger partial charge is 0.252 e. The zero-order valence-electron chi connectivity index (χ0n) is 14.2. The van der Waals surface area contributed by atoms with Crippen LogP contribution in [-0.4, -0.2) is 17.6 Å². The molecule has 0 saturated carbocycles. The van der Waals surface area contributed by atoms with Crippen LogP contribution >= 0.6 is 0 Å². The third-order valence-corrected chi connectivity index (χ3v) is 4.83. The molecular weight excluding hydrogens is 326 g/mol. The lowest BCUT2D eigenvalue weighted by Gasteiger charge is -2.28. The molecule has 1 atom stereocenters. The minimum absolute atomic E-state index is 0.173. The van der Waals surface area contributed by atoms with Crippen LogP contribution in [-0.2, 0) is 5.54 Å². The van der Waals surface area contributed by atoms with Crippen molar-refractivity contribution < 1.29 is 14.6 Å². The molecule has 0 aliphatic carbocycles. The quantitative estimate of drug-likeness (QED) is 0.699. The van der Waals surface area contributed by atoms with E-state index in [-0.39, 0.29) is 11.7 Å². The van der Waals surface area contributed by atoms with Gasteiger partial charge < -0.3 is 15.2 Å². The second kappa shape index (κ2) is 6.23. The van der Waals surface area contributed by atoms with Gasteiger partial charge in [0.05, 0.1) is 0 Å². The highest BCUT2D eigenvalue weighted by Gasteiger charge is 2.42. The Labute approximate surface area is 151 Å². The van der Waals surface area contributed by atoms with E-state index >= 15 is 0 Å². The topological polar surface area (TPSA) is 58.6 Å². The van der Waals surface area contributed by atoms with Crippen LogP contribution in [0.3, 0.4) is 0 Å². The van der Waals surface area contributed by atoms with E-state index in [0.29, 0.717) is 24.3 Å². The predicted molar refractivity (Wildman–Crippen MR) is 102 cm³/mol. The highest BCUT2D eigenvalue weighted by Crippen LogP contribution is 2.47. The number of rotatable bonds is 4. The fraction of sp³-hybridized carbons (Fsp3) is 0.136. The maximum atomic E-state index is 12.8. The summed E-state index contributed by atoms with van der Waals surface area (Å²) in [7, 11) is 0. The van der Waals surface area contributed by atoms with Gasteiger partial charge in [0.2, 0.25) is 0 Å². The Kier molecular flexibility index (Phi) is 3.88. The highest BCUT2D eigenvalue weighted by atomic mass is 16.5. The van der Waals surface area contributed by atoms with Crippen LogP contribution in [0.4, 0.5) is 0 Å². The summed E-state index contributed by atoms with van der Waals surface area (Å²) in [5.41, 5.74) is 0.596. The van der Waals surface area contributed by atoms with E-state index in [2.05, 4.69) is 11.9 Å². The number of benzene rings is 3. The van der Waals surface area contributed by atoms with Crippen LogP contribution in [0.2, 0.25) is 0 Å². The SMILES string of the molecule is C=CC[C@]1(NC(=O)c2ccccc2)COc2c1cc(O)c1ccccc21. The Morgan fingerprint density at radius 2 is 1.85 bits per heavy atom. The molecule has 3 aromatic rings. The molecule has 4 heteroatoms. The molecule has 4 rings (SSSR count). The number of hydrogen-bond acceptors (Lipinski definition) is 3. The van der Waals surface area contributed by atoms with Crippen LogP contribution in [0.25, 0.3) is 10.8 Å². The van der Waals surface area contributed by atoms with Crippen LogP contribution in [0, 0.1) is 0 Å². The molecule has 3 aromatic carbocycles. The van der Waals surface area contributed by atoms with Crippen molar-refractivity contribution in [1.82, 2.24) is 5.32 Å². The zero-order valence-corrected chi connectivity index (χ0v) is 14.2. The first-order valence-corrected chi connectivity index (χ1v) is 8.51. The third-order valence-electron chi connectivity index (χ3n) is 4.83. The van der Waals surface area contributed by atoms with Gasteiger partial charge in [-0.3, -0.25) is 4.79 Å². The predicted octanol–water partition coefficient (Wildman–Crippen LogP) is 4.14. The molecule has 0 saturated heterocycles. The molecule has 1 aliphatic rings. The van der Waals surface area contributed by atoms with E-state index in [1.54, 1.807) is 24.3 Å². The van der Waals surface area contributed by atoms with Gasteiger partial charge in [-0.15, -0.1) is 6.58 Å². The van der Waals surface area contributed by atoms with E-state index in [1.165, 1.54) is 0 Å². The number of nitrogens with one attached hydrogen (secondary N) is 1. The summed E-state index contributed by atoms with van der Waals surface area (Å²) < 4.78 is 6.00. The lowest BCUT2D eigenvalue weighted by molar-refractivity contribution is 0.0878. The van der Waals surface area contributed by atoms with Crippen molar-refractivity contribution >= 4 is 16.7 Å². The maximum absolute atomic E-state index is 12.8. The highest BCUT2D eigenvalue weighted by molar-refractivity contribution is 5.97. The molecular formula is C22H19NO3. The van der Waals surface area contributed by atoms with Crippen molar-refractivity contribution in [3.8, 4) is 11.5 Å². The monoisotopic (exact) mass is 345 g/mol. The maximum Gasteiger partial charge on any atom is 0.252 e. The van der Waals surface area contributed by atoms with Crippen molar-refractivity contribution in [3.05, 3.63) is 84.4 Å². The minimum Gasteiger partial charge on any atom is -0.507 e. The first-order valence-electron chi connectivity index (χ1n) is 8.51. The van der Waals surface area contributed by atoms with Gasteiger partial charge in [0, 0.05) is 21.9 Å². The molecule has 0 unspecified atom stereocenters. The molecule has 1 aliphatic heterocycles. The largest absolute Gasteiger partial charge is 0.507 e. The van der Waals surface area contributed by atoms with Gasteiger partial charge in [-0.1, -0.05) is 48.5 Å². The molecule has 0 bridgehead atoms. The summed E-state index contributed by atoms with van der Waals surface area (Å²) in [5.74, 6) is 0.692. The van der Waals surface area contributed by atoms with Crippen molar-refractivity contribution in [3.63, 3.8) is 0 Å². The fourth-order valence-corrected chi connectivity index (χ4v) is 3.56. The third kappa shape index (κ3) is 2.51. The fourth-order valence-electron chi connectivity index (χ4n) is 3.56. The van der Waals surface area contributed by atoms with Crippen molar-refractivity contribution in [2.24, 2.45) is 0 Å². The van der Waals surface area contributed by atoms with Crippen molar-refractivity contribution in [2.75, 3.05) is 6.61 Å². The molecule has 26 heavy (non-hydrogen) atoms. The van der Waals surface area contributed by atoms with E-state index < -0.39 is 5.54 Å². The molecule has 0 fully saturated rings. The number of ether oxygens (including phenoxy) is 1. The Bertz CT molecular complexity index is 997. The minimum atomic E-state index is -0.758. The molecule has 1 heterocycles. The molecule has 0 spiro atoms. The van der Waals surface area contributed by atoms with Gasteiger partial charge in [0.1, 0.15) is 23.6 Å². The zero-order chi connectivity index (χ0) is 18.1. The Hall–Kier alpha value is -3.27. The van der Waals surface area contributed by atoms with Crippen molar-refractivity contribution in [1.29, 1.82) is 0 Å². The van der Waals surface area contributed by atoms with Crippen molar-refractivity contribution in [2.45, 2.75) is 12.0 Å². The van der Waals surface area contributed by atoms with E-state index in [4.69, 9.17) is 4.74 Å². The summed E-state index contributed by atoms with van der Waals surface area (Å²) in [4.78, 5) is 12.8. The van der Waals surface area contributed by atoms with Gasteiger partial charge in [0.15, 0.2) is 0 Å². The number of carbonyl (C=O) groups excluding carboxylic acids is 1. The van der Waals surface area contributed by atoms with Crippen LogP contribution in [0.1, 0.15) is 22.3 Å². The van der Waals surface area contributed by atoms with Gasteiger partial charge in [-0.25, -0.2) is 0 Å². The number of carbonyl (C=O) groups is 1. The number of hydrogen-bond donors (Lipinski definition) is 2. The molecule has 0 aromatic heterocycles. The Morgan fingerprint density at radius 1 is 1.15 bits per heavy atom. The molecule has 0 radical (unpaired) electrons. The lowest BCUT2D eigenvalue weighted by atomic mass is 9.86. The number of amides is 1. The second-order valence-electron chi connectivity index (χ2n) is 6.50. The Balaban J connectivity index is 1.82. The average molecular weight is 345 g/mol. The van der Waals surface area contributed by atoms with E-state index in [9.17, 15) is 9.90 Å². The summed E-state index contributed by atoms with van der Waals surface area (Å²) in [6, 6.07) is 18.3. The molecule has 130 valence electrons. The molecule has 1 amide bonds. The van der Waals surface area contributed by atoms with Crippen LogP contribution in [0.15, 0.2) is 73.3 Å². The van der Waals surface area contributed by atoms with Crippen LogP contribution < -0.4 is 10.1 Å². The van der Waals surface area contributed by atoms with E-state index in [0.717, 1.165) is 16.3 Å². The van der Waals surface area contributed by atoms with Gasteiger partial charge >= 0.3 is 0 Å². The number of aromatic hydroxyl groups is 1. The molecule has 2 N–H and O–H groups in total. The average Bonchev–Trinajstić information content (AvgIpc) is 3.01. The summed E-state index contributed by atoms with van der Waals surface area (Å²) in [5, 5.41) is 15.2. The Morgan fingerprint density at radius 3 is 2.58 bits per heavy atom. The summed E-state index contributed by atoms with van der Waals surface area (Å²) in [6.07, 6.45) is 2.26. The van der Waals surface area contributed by atoms with Gasteiger partial charge in [-0.2, -0.15) is 0 Å². The van der Waals surface area contributed by atoms with Crippen LogP contribution in [0.5, 0.6) is 11.5 Å². The normalized spacial score (nSPS) is 18.2. The van der Waals surface area contributed by atoms with Gasteiger partial charge in [0.25, 0.3) is 5.91 Å². The lowest BCUT2D eigenvalue weighted by Crippen LogP contribution is -2.47. The first-order chi connectivity index (χ1) is 12.6. The second-order valence-corrected chi connectivity index (χ2v) is 6.50. The summed E-state index contributed by atoms with van der Waals surface area (Å²) in [6.45, 7) is 4.13. The van der Waals surface area contributed by atoms with Gasteiger partial charge in [-0.05, 0) is 24.6 Å². The number of fused-ring (bicyclic) bond motifs is 3. The number of phenols is 1. The van der Waals surface area contributed by atoms with E-state index in [1.807, 2.05) is 42.5 Å². The number of phenolic OH excluding ortho intramolecular Hbond substituents is 1.